The molecule has 0 N–H and O–H groups in total. The Hall–Kier alpha value is -4.19. The van der Waals surface area contributed by atoms with E-state index >= 15 is 0 Å². The highest BCUT2D eigenvalue weighted by atomic mass is 16.5. The van der Waals surface area contributed by atoms with Crippen LogP contribution >= 0.6 is 0 Å². The van der Waals surface area contributed by atoms with Gasteiger partial charge in [-0.15, -0.1) is 0 Å². The Morgan fingerprint density at radius 1 is 0.889 bits per heavy atom. The number of anilines is 1. The summed E-state index contributed by atoms with van der Waals surface area (Å²) >= 11 is 0. The van der Waals surface area contributed by atoms with E-state index in [1.54, 1.807) is 56.7 Å². The summed E-state index contributed by atoms with van der Waals surface area (Å²) < 4.78 is 11.2. The third kappa shape index (κ3) is 2.70. The van der Waals surface area contributed by atoms with Crippen LogP contribution in [0.25, 0.3) is 6.08 Å². The van der Waals surface area contributed by atoms with Crippen molar-refractivity contribution in [3.8, 4) is 11.5 Å². The van der Waals surface area contributed by atoms with Crippen molar-refractivity contribution in [1.82, 2.24) is 0 Å². The first-order valence-electron chi connectivity index (χ1n) is 11.9. The summed E-state index contributed by atoms with van der Waals surface area (Å²) in [7, 11) is 3.10. The van der Waals surface area contributed by atoms with Crippen LogP contribution in [0.2, 0.25) is 0 Å². The molecule has 3 aliphatic rings. The van der Waals surface area contributed by atoms with Gasteiger partial charge < -0.3 is 14.4 Å². The van der Waals surface area contributed by atoms with Crippen molar-refractivity contribution >= 4 is 29.1 Å². The van der Waals surface area contributed by atoms with Gasteiger partial charge in [-0.1, -0.05) is 54.6 Å². The maximum atomic E-state index is 14.4. The molecule has 0 bridgehead atoms. The van der Waals surface area contributed by atoms with Crippen LogP contribution in [-0.4, -0.2) is 43.7 Å². The van der Waals surface area contributed by atoms with E-state index in [1.807, 2.05) is 41.3 Å². The zero-order chi connectivity index (χ0) is 25.2. The Morgan fingerprint density at radius 2 is 1.56 bits per heavy atom. The van der Waals surface area contributed by atoms with E-state index in [-0.39, 0.29) is 17.3 Å². The standard InChI is InChI=1S/C30H25NO5/c1-17(32)27-26(22-16-19(35-2)13-14-24(22)36-3)30(28(33)20-9-5-6-10-21(20)29(30)34)25-15-12-18-8-4-7-11-23(18)31(25)27/h4-16,25-27H,1-3H3. The maximum absolute atomic E-state index is 14.4. The molecular formula is C30H25NO5. The number of ketones is 3. The highest BCUT2D eigenvalue weighted by molar-refractivity contribution is 6.32. The molecule has 0 saturated carbocycles. The molecule has 2 heterocycles. The van der Waals surface area contributed by atoms with Crippen LogP contribution in [0.5, 0.6) is 11.5 Å². The molecular weight excluding hydrogens is 454 g/mol. The average molecular weight is 480 g/mol. The molecule has 3 unspecified atom stereocenters. The van der Waals surface area contributed by atoms with Crippen LogP contribution in [0.4, 0.5) is 5.69 Å². The first-order chi connectivity index (χ1) is 17.4. The molecule has 3 aromatic carbocycles. The minimum Gasteiger partial charge on any atom is -0.497 e. The molecule has 3 aromatic rings. The van der Waals surface area contributed by atoms with E-state index in [4.69, 9.17) is 9.47 Å². The second-order valence-corrected chi connectivity index (χ2v) is 9.48. The van der Waals surface area contributed by atoms with Gasteiger partial charge in [-0.2, -0.15) is 0 Å². The SMILES string of the molecule is COc1ccc(OC)c(C2C(C(C)=O)N3c4ccccc4C=CC3C23C(=O)c2ccccc2C3=O)c1. The molecule has 1 aliphatic carbocycles. The molecule has 180 valence electrons. The lowest BCUT2D eigenvalue weighted by Gasteiger charge is -2.37. The Balaban J connectivity index is 1.71. The number of hydrogen-bond acceptors (Lipinski definition) is 6. The summed E-state index contributed by atoms with van der Waals surface area (Å²) in [4.78, 5) is 44.4. The number of fused-ring (bicyclic) bond motifs is 5. The second kappa shape index (κ2) is 7.92. The zero-order valence-electron chi connectivity index (χ0n) is 20.2. The molecule has 0 aromatic heterocycles. The average Bonchev–Trinajstić information content (AvgIpc) is 3.35. The molecule has 6 nitrogen and oxygen atoms in total. The zero-order valence-corrected chi connectivity index (χ0v) is 20.2. The molecule has 1 spiro atoms. The lowest BCUT2D eigenvalue weighted by Crippen LogP contribution is -2.48. The fourth-order valence-electron chi connectivity index (χ4n) is 6.50. The van der Waals surface area contributed by atoms with Crippen molar-refractivity contribution in [3.63, 3.8) is 0 Å². The number of carbonyl (C=O) groups is 3. The van der Waals surface area contributed by atoms with Crippen LogP contribution in [0.1, 0.15) is 44.7 Å². The van der Waals surface area contributed by atoms with E-state index < -0.39 is 23.4 Å². The van der Waals surface area contributed by atoms with Crippen molar-refractivity contribution in [2.24, 2.45) is 5.41 Å². The Labute approximate surface area is 209 Å². The lowest BCUT2D eigenvalue weighted by molar-refractivity contribution is -0.118. The molecule has 3 atom stereocenters. The molecule has 6 rings (SSSR count). The summed E-state index contributed by atoms with van der Waals surface area (Å²) in [5.41, 5.74) is 1.61. The van der Waals surface area contributed by atoms with Gasteiger partial charge in [0.15, 0.2) is 17.3 Å². The topological polar surface area (TPSA) is 72.9 Å². The maximum Gasteiger partial charge on any atom is 0.180 e. The fraction of sp³-hybridized carbons (Fsp3) is 0.233. The third-order valence-electron chi connectivity index (χ3n) is 7.90. The highest BCUT2D eigenvalue weighted by Gasteiger charge is 2.71. The van der Waals surface area contributed by atoms with Crippen molar-refractivity contribution < 1.29 is 23.9 Å². The Morgan fingerprint density at radius 3 is 2.19 bits per heavy atom. The van der Waals surface area contributed by atoms with Crippen LogP contribution in [-0.2, 0) is 4.79 Å². The number of para-hydroxylation sites is 1. The number of carbonyl (C=O) groups excluding carboxylic acids is 3. The van der Waals surface area contributed by atoms with Crippen molar-refractivity contribution in [3.05, 3.63) is 95.1 Å². The van der Waals surface area contributed by atoms with Crippen LogP contribution in [0.15, 0.2) is 72.8 Å². The van der Waals surface area contributed by atoms with Gasteiger partial charge in [0.2, 0.25) is 0 Å². The van der Waals surface area contributed by atoms with Gasteiger partial charge >= 0.3 is 0 Å². The predicted molar refractivity (Wildman–Crippen MR) is 136 cm³/mol. The van der Waals surface area contributed by atoms with Gasteiger partial charge in [0, 0.05) is 28.3 Å². The van der Waals surface area contributed by atoms with Crippen molar-refractivity contribution in [1.29, 1.82) is 0 Å². The fourth-order valence-corrected chi connectivity index (χ4v) is 6.50. The smallest absolute Gasteiger partial charge is 0.180 e. The van der Waals surface area contributed by atoms with Crippen LogP contribution in [0.3, 0.4) is 0 Å². The number of Topliss-reactive ketones (excluding diaryl/α,β-unsaturated/α-hetero) is 3. The third-order valence-corrected chi connectivity index (χ3v) is 7.90. The normalized spacial score (nSPS) is 22.9. The summed E-state index contributed by atoms with van der Waals surface area (Å²) in [6.45, 7) is 1.53. The van der Waals surface area contributed by atoms with E-state index in [9.17, 15) is 14.4 Å². The first kappa shape index (κ1) is 22.3. The van der Waals surface area contributed by atoms with E-state index in [0.717, 1.165) is 11.3 Å². The molecule has 6 heteroatoms. The van der Waals surface area contributed by atoms with Crippen molar-refractivity contribution in [2.75, 3.05) is 19.1 Å². The molecule has 36 heavy (non-hydrogen) atoms. The van der Waals surface area contributed by atoms with Gasteiger partial charge in [-0.25, -0.2) is 0 Å². The van der Waals surface area contributed by atoms with E-state index in [1.165, 1.54) is 6.92 Å². The summed E-state index contributed by atoms with van der Waals surface area (Å²) in [5.74, 6) is -0.400. The number of methoxy groups -OCH3 is 2. The van der Waals surface area contributed by atoms with E-state index in [0.29, 0.717) is 28.2 Å². The van der Waals surface area contributed by atoms with E-state index in [2.05, 4.69) is 0 Å². The lowest BCUT2D eigenvalue weighted by atomic mass is 9.64. The van der Waals surface area contributed by atoms with Gasteiger partial charge in [-0.3, -0.25) is 14.4 Å². The summed E-state index contributed by atoms with van der Waals surface area (Å²) in [6.07, 6.45) is 3.86. The number of benzene rings is 3. The van der Waals surface area contributed by atoms with Gasteiger partial charge in [0.05, 0.1) is 26.3 Å². The number of hydrogen-bond donors (Lipinski definition) is 0. The largest absolute Gasteiger partial charge is 0.497 e. The van der Waals surface area contributed by atoms with Gasteiger partial charge in [-0.05, 0) is 36.8 Å². The van der Waals surface area contributed by atoms with Gasteiger partial charge in [0.1, 0.15) is 16.9 Å². The molecule has 2 aliphatic heterocycles. The minimum atomic E-state index is -1.54. The molecule has 0 amide bonds. The minimum absolute atomic E-state index is 0.131. The highest BCUT2D eigenvalue weighted by Crippen LogP contribution is 2.61. The number of ether oxygens (including phenoxy) is 2. The number of nitrogens with zero attached hydrogens (tertiary/aromatic N) is 1. The Kier molecular flexibility index (Phi) is 4.90. The molecule has 1 fully saturated rings. The van der Waals surface area contributed by atoms with Gasteiger partial charge in [0.25, 0.3) is 0 Å². The summed E-state index contributed by atoms with van der Waals surface area (Å²) in [6, 6.07) is 18.6. The predicted octanol–water partition coefficient (Wildman–Crippen LogP) is 4.73. The monoisotopic (exact) mass is 479 g/mol. The molecule has 0 radical (unpaired) electrons. The summed E-state index contributed by atoms with van der Waals surface area (Å²) in [5, 5.41) is 0. The quantitative estimate of drug-likeness (QED) is 0.504. The Bertz CT molecular complexity index is 1440. The first-order valence-corrected chi connectivity index (χ1v) is 11.9. The second-order valence-electron chi connectivity index (χ2n) is 9.48. The molecule has 1 saturated heterocycles. The van der Waals surface area contributed by atoms with Crippen LogP contribution < -0.4 is 14.4 Å². The van der Waals surface area contributed by atoms with Crippen LogP contribution in [0, 0.1) is 5.41 Å². The number of rotatable bonds is 4. The van der Waals surface area contributed by atoms with Crippen molar-refractivity contribution in [2.45, 2.75) is 24.9 Å².